The maximum absolute atomic E-state index is 6.70. The zero-order valence-corrected chi connectivity index (χ0v) is 20.1. The number of allylic oxidation sites excluding steroid dienone is 6. The molecule has 0 aromatic rings. The molecule has 0 saturated carbocycles. The molecular weight excluding hydrogens is 399 g/mol. The molecule has 127 valence electrons. The molecule has 2 aliphatic carbocycles. The Morgan fingerprint density at radius 1 is 0.913 bits per heavy atom. The SMILES string of the molecule is CC1=CC(C)=C(C([O][Zr+][SiH](C)C)C2=C(C)C=C(C)C2C)C1C.[Cl-]. The van der Waals surface area contributed by atoms with Crippen LogP contribution in [0, 0.1) is 11.8 Å². The second kappa shape index (κ2) is 8.61. The Labute approximate surface area is 161 Å². The van der Waals surface area contributed by atoms with Crippen LogP contribution >= 0.6 is 0 Å². The van der Waals surface area contributed by atoms with Gasteiger partial charge < -0.3 is 12.4 Å². The average Bonchev–Trinajstić information content (AvgIpc) is 2.81. The summed E-state index contributed by atoms with van der Waals surface area (Å²) in [6.45, 7) is 18.6. The van der Waals surface area contributed by atoms with Crippen LogP contribution in [0.3, 0.4) is 0 Å². The molecule has 23 heavy (non-hydrogen) atoms. The Balaban J connectivity index is 0.00000264. The third-order valence-corrected chi connectivity index (χ3v) is 10.8. The van der Waals surface area contributed by atoms with Crippen molar-refractivity contribution in [2.24, 2.45) is 11.8 Å². The average molecular weight is 429 g/mol. The van der Waals surface area contributed by atoms with E-state index in [0.717, 1.165) is 0 Å². The number of halogens is 1. The molecule has 0 heterocycles. The minimum atomic E-state index is -0.665. The van der Waals surface area contributed by atoms with Gasteiger partial charge in [-0.3, -0.25) is 0 Å². The van der Waals surface area contributed by atoms with Crippen LogP contribution in [-0.2, 0) is 25.6 Å². The second-order valence-electron chi connectivity index (χ2n) is 7.27. The van der Waals surface area contributed by atoms with Gasteiger partial charge in [0.25, 0.3) is 0 Å². The first-order valence-electron chi connectivity index (χ1n) is 8.42. The van der Waals surface area contributed by atoms with Crippen LogP contribution in [0.5, 0.6) is 0 Å². The van der Waals surface area contributed by atoms with E-state index in [1.807, 2.05) is 0 Å². The molecule has 0 aliphatic heterocycles. The molecule has 1 nitrogen and oxygen atoms in total. The van der Waals surface area contributed by atoms with Crippen molar-refractivity contribution in [3.05, 3.63) is 45.6 Å². The summed E-state index contributed by atoms with van der Waals surface area (Å²) >= 11 is -0.665. The molecule has 2 unspecified atom stereocenters. The summed E-state index contributed by atoms with van der Waals surface area (Å²) in [6.07, 6.45) is 4.97. The molecule has 0 N–H and O–H groups in total. The fraction of sp³-hybridized carbons (Fsp3) is 0.579. The summed E-state index contributed by atoms with van der Waals surface area (Å²) in [5.74, 6) is 0.511. The van der Waals surface area contributed by atoms with Crippen molar-refractivity contribution in [1.29, 1.82) is 0 Å². The minimum absolute atomic E-state index is 0. The fourth-order valence-corrected chi connectivity index (χ4v) is 7.68. The van der Waals surface area contributed by atoms with Crippen molar-refractivity contribution in [3.63, 3.8) is 0 Å². The van der Waals surface area contributed by atoms with Gasteiger partial charge in [-0.15, -0.1) is 0 Å². The van der Waals surface area contributed by atoms with E-state index < -0.39 is 28.8 Å². The fourth-order valence-electron chi connectivity index (χ4n) is 3.64. The third kappa shape index (κ3) is 4.48. The van der Waals surface area contributed by atoms with Crippen molar-refractivity contribution in [1.82, 2.24) is 0 Å². The molecule has 0 radical (unpaired) electrons. The van der Waals surface area contributed by atoms with Gasteiger partial charge in [0, 0.05) is 0 Å². The van der Waals surface area contributed by atoms with E-state index in [1.165, 1.54) is 33.4 Å². The predicted octanol–water partition coefficient (Wildman–Crippen LogP) is 2.18. The van der Waals surface area contributed by atoms with E-state index in [0.29, 0.717) is 11.8 Å². The monoisotopic (exact) mass is 427 g/mol. The molecule has 2 rings (SSSR count). The summed E-state index contributed by atoms with van der Waals surface area (Å²) in [5.41, 5.74) is 8.94. The van der Waals surface area contributed by atoms with Crippen LogP contribution in [0.4, 0.5) is 0 Å². The molecule has 0 aromatic carbocycles. The summed E-state index contributed by atoms with van der Waals surface area (Å²) in [7, 11) is 0. The number of hydrogen-bond acceptors (Lipinski definition) is 1. The first-order chi connectivity index (χ1) is 10.2. The molecule has 0 fully saturated rings. The van der Waals surface area contributed by atoms with Crippen LogP contribution < -0.4 is 12.4 Å². The standard InChI is InChI=1S/C17H23O.C2H7Si.ClH.Zr/c1-9-7-11(3)15(13(9)5)17(18)16-12(4)8-10(2)14(16)6;1-3-2;;/h7-8,13-14,17H,1-6H3;3H,1-2H3;1H;/q-1;;;+2/p-1. The molecule has 0 amide bonds. The number of hydrogen-bond donors (Lipinski definition) is 0. The van der Waals surface area contributed by atoms with Crippen molar-refractivity contribution < 1.29 is 38.1 Å². The normalized spacial score (nSPS) is 25.4. The smallest absolute Gasteiger partial charge is 1.00 e. The van der Waals surface area contributed by atoms with E-state index in [9.17, 15) is 0 Å². The van der Waals surface area contributed by atoms with Crippen LogP contribution in [-0.4, -0.2) is 12.0 Å². The summed E-state index contributed by atoms with van der Waals surface area (Å²) < 4.78 is 6.70. The van der Waals surface area contributed by atoms with E-state index in [4.69, 9.17) is 2.81 Å². The van der Waals surface area contributed by atoms with E-state index >= 15 is 0 Å². The summed E-state index contributed by atoms with van der Waals surface area (Å²) in [5, 5.41) is 0. The molecule has 0 spiro atoms. The Hall–Kier alpha value is 0.310. The van der Waals surface area contributed by atoms with Crippen molar-refractivity contribution >= 4 is 5.92 Å². The van der Waals surface area contributed by atoms with Gasteiger partial charge in [0.15, 0.2) is 0 Å². The van der Waals surface area contributed by atoms with Gasteiger partial charge in [0.05, 0.1) is 0 Å². The molecule has 2 atom stereocenters. The van der Waals surface area contributed by atoms with Crippen LogP contribution in [0.25, 0.3) is 0 Å². The molecule has 2 aliphatic rings. The Bertz CT molecular complexity index is 540. The first-order valence-corrected chi connectivity index (χ1v) is 16.6. The van der Waals surface area contributed by atoms with Gasteiger partial charge in [-0.25, -0.2) is 0 Å². The third-order valence-electron chi connectivity index (χ3n) is 5.08. The molecule has 4 heteroatoms. The van der Waals surface area contributed by atoms with E-state index in [1.54, 1.807) is 0 Å². The maximum atomic E-state index is 6.70. The zero-order chi connectivity index (χ0) is 16.6. The van der Waals surface area contributed by atoms with Gasteiger partial charge in [0.2, 0.25) is 0 Å². The Kier molecular flexibility index (Phi) is 7.99. The predicted molar refractivity (Wildman–Crippen MR) is 95.0 cm³/mol. The summed E-state index contributed by atoms with van der Waals surface area (Å²) in [4.78, 5) is 0. The van der Waals surface area contributed by atoms with Gasteiger partial charge in [-0.2, -0.15) is 0 Å². The van der Waals surface area contributed by atoms with Gasteiger partial charge >= 0.3 is 150 Å². The minimum Gasteiger partial charge on any atom is -1.00 e. The first kappa shape index (κ1) is 21.4. The van der Waals surface area contributed by atoms with Crippen molar-refractivity contribution in [3.8, 4) is 0 Å². The number of rotatable bonds is 5. The quantitative estimate of drug-likeness (QED) is 0.610. The van der Waals surface area contributed by atoms with Gasteiger partial charge in [-0.1, -0.05) is 0 Å². The Morgan fingerprint density at radius 2 is 1.30 bits per heavy atom. The van der Waals surface area contributed by atoms with Gasteiger partial charge in [0.1, 0.15) is 0 Å². The van der Waals surface area contributed by atoms with Crippen LogP contribution in [0.15, 0.2) is 45.6 Å². The van der Waals surface area contributed by atoms with Crippen molar-refractivity contribution in [2.45, 2.75) is 60.7 Å². The Morgan fingerprint density at radius 3 is 1.57 bits per heavy atom. The van der Waals surface area contributed by atoms with Crippen LogP contribution in [0.1, 0.15) is 41.5 Å². The molecule has 0 aromatic heterocycles. The zero-order valence-electron chi connectivity index (χ0n) is 15.8. The largest absolute Gasteiger partial charge is 1.00 e. The molecule has 0 bridgehead atoms. The molecular formula is C19H30ClOSiZr. The summed E-state index contributed by atoms with van der Waals surface area (Å²) in [6, 6.07) is 0. The van der Waals surface area contributed by atoms with Crippen LogP contribution in [0.2, 0.25) is 13.1 Å². The second-order valence-corrected chi connectivity index (χ2v) is 20.6. The topological polar surface area (TPSA) is 9.23 Å². The maximum Gasteiger partial charge on any atom is -1.00 e. The van der Waals surface area contributed by atoms with Gasteiger partial charge in [-0.05, 0) is 0 Å². The van der Waals surface area contributed by atoms with E-state index in [2.05, 4.69) is 66.8 Å². The molecule has 0 saturated heterocycles. The van der Waals surface area contributed by atoms with E-state index in [-0.39, 0.29) is 18.5 Å². The van der Waals surface area contributed by atoms with Crippen molar-refractivity contribution in [2.75, 3.05) is 0 Å².